The highest BCUT2D eigenvalue weighted by atomic mass is 35.5. The topological polar surface area (TPSA) is 58.6 Å². The molecule has 6 heteroatoms. The van der Waals surface area contributed by atoms with E-state index in [1.165, 1.54) is 0 Å². The van der Waals surface area contributed by atoms with Crippen molar-refractivity contribution in [1.82, 2.24) is 10.2 Å². The van der Waals surface area contributed by atoms with Gasteiger partial charge in [0.05, 0.1) is 0 Å². The molecule has 0 bridgehead atoms. The van der Waals surface area contributed by atoms with E-state index in [0.717, 1.165) is 17.5 Å². The van der Waals surface area contributed by atoms with Gasteiger partial charge in [0.1, 0.15) is 11.8 Å². The largest absolute Gasteiger partial charge is 0.484 e. The molecule has 28 heavy (non-hydrogen) atoms. The molecule has 0 saturated heterocycles. The average Bonchev–Trinajstić information content (AvgIpc) is 2.68. The van der Waals surface area contributed by atoms with Crippen LogP contribution in [0.2, 0.25) is 5.02 Å². The SMILES string of the molecule is CCCNC(=O)[C@@H](C)N(Cc1cccc(C)c1)C(=O)COc1cccc(Cl)c1. The van der Waals surface area contributed by atoms with E-state index < -0.39 is 6.04 Å². The number of aryl methyl sites for hydroxylation is 1. The number of hydrogen-bond donors (Lipinski definition) is 1. The van der Waals surface area contributed by atoms with E-state index in [4.69, 9.17) is 16.3 Å². The van der Waals surface area contributed by atoms with Crippen molar-refractivity contribution in [3.05, 3.63) is 64.7 Å². The van der Waals surface area contributed by atoms with Gasteiger partial charge >= 0.3 is 0 Å². The van der Waals surface area contributed by atoms with Crippen LogP contribution < -0.4 is 10.1 Å². The van der Waals surface area contributed by atoms with Gasteiger partial charge in [0.15, 0.2) is 6.61 Å². The predicted octanol–water partition coefficient (Wildman–Crippen LogP) is 3.97. The monoisotopic (exact) mass is 402 g/mol. The molecular formula is C22H27ClN2O3. The first kappa shape index (κ1) is 21.8. The van der Waals surface area contributed by atoms with Gasteiger partial charge in [0.25, 0.3) is 5.91 Å². The first-order chi connectivity index (χ1) is 13.4. The van der Waals surface area contributed by atoms with Gasteiger partial charge < -0.3 is 15.0 Å². The second kappa shape index (κ2) is 10.7. The first-order valence-corrected chi connectivity index (χ1v) is 9.79. The molecule has 0 aliphatic carbocycles. The molecule has 0 unspecified atom stereocenters. The number of hydrogen-bond acceptors (Lipinski definition) is 3. The van der Waals surface area contributed by atoms with Crippen LogP contribution in [0.1, 0.15) is 31.4 Å². The Kier molecular flexibility index (Phi) is 8.33. The van der Waals surface area contributed by atoms with Gasteiger partial charge in [-0.3, -0.25) is 9.59 Å². The van der Waals surface area contributed by atoms with Crippen LogP contribution in [0, 0.1) is 6.92 Å². The molecule has 0 aromatic heterocycles. The number of carbonyl (C=O) groups is 2. The Morgan fingerprint density at radius 1 is 1.18 bits per heavy atom. The fourth-order valence-electron chi connectivity index (χ4n) is 2.77. The summed E-state index contributed by atoms with van der Waals surface area (Å²) in [6.45, 7) is 6.46. The number of ether oxygens (including phenoxy) is 1. The molecule has 2 aromatic carbocycles. The van der Waals surface area contributed by atoms with Gasteiger partial charge in [-0.15, -0.1) is 0 Å². The molecule has 0 fully saturated rings. The number of nitrogens with zero attached hydrogens (tertiary/aromatic N) is 1. The van der Waals surface area contributed by atoms with Gasteiger partial charge in [0, 0.05) is 18.1 Å². The van der Waals surface area contributed by atoms with Crippen molar-refractivity contribution in [3.8, 4) is 5.75 Å². The molecule has 5 nitrogen and oxygen atoms in total. The Morgan fingerprint density at radius 2 is 1.93 bits per heavy atom. The maximum Gasteiger partial charge on any atom is 0.261 e. The minimum absolute atomic E-state index is 0.169. The third kappa shape index (κ3) is 6.57. The molecular weight excluding hydrogens is 376 g/mol. The number of benzene rings is 2. The van der Waals surface area contributed by atoms with Gasteiger partial charge in [-0.25, -0.2) is 0 Å². The number of halogens is 1. The van der Waals surface area contributed by atoms with Gasteiger partial charge in [-0.1, -0.05) is 54.4 Å². The first-order valence-electron chi connectivity index (χ1n) is 9.41. The lowest BCUT2D eigenvalue weighted by Crippen LogP contribution is -2.49. The zero-order chi connectivity index (χ0) is 20.5. The Labute approximate surface area is 171 Å². The zero-order valence-electron chi connectivity index (χ0n) is 16.6. The number of nitrogens with one attached hydrogen (secondary N) is 1. The van der Waals surface area contributed by atoms with Crippen LogP contribution >= 0.6 is 11.6 Å². The summed E-state index contributed by atoms with van der Waals surface area (Å²) in [6, 6.07) is 14.2. The van der Waals surface area contributed by atoms with Crippen LogP contribution in [0.25, 0.3) is 0 Å². The van der Waals surface area contributed by atoms with E-state index in [9.17, 15) is 9.59 Å². The van der Waals surface area contributed by atoms with Gasteiger partial charge in [0.2, 0.25) is 5.91 Å². The van der Waals surface area contributed by atoms with Crippen molar-refractivity contribution in [2.75, 3.05) is 13.2 Å². The highest BCUT2D eigenvalue weighted by Crippen LogP contribution is 2.18. The van der Waals surface area contributed by atoms with Crippen LogP contribution in [0.3, 0.4) is 0 Å². The van der Waals surface area contributed by atoms with Crippen LogP contribution in [0.15, 0.2) is 48.5 Å². The van der Waals surface area contributed by atoms with Crippen molar-refractivity contribution in [1.29, 1.82) is 0 Å². The van der Waals surface area contributed by atoms with Gasteiger partial charge in [-0.2, -0.15) is 0 Å². The molecule has 0 aliphatic heterocycles. The van der Waals surface area contributed by atoms with Crippen molar-refractivity contribution in [2.24, 2.45) is 0 Å². The summed E-state index contributed by atoms with van der Waals surface area (Å²) in [6.07, 6.45) is 0.835. The van der Waals surface area contributed by atoms with E-state index >= 15 is 0 Å². The smallest absolute Gasteiger partial charge is 0.261 e. The zero-order valence-corrected chi connectivity index (χ0v) is 17.3. The quantitative estimate of drug-likeness (QED) is 0.690. The van der Waals surface area contributed by atoms with Crippen LogP contribution in [-0.2, 0) is 16.1 Å². The third-order valence-corrected chi connectivity index (χ3v) is 4.55. The lowest BCUT2D eigenvalue weighted by atomic mass is 10.1. The summed E-state index contributed by atoms with van der Waals surface area (Å²) < 4.78 is 5.59. The van der Waals surface area contributed by atoms with E-state index in [2.05, 4.69) is 5.32 Å². The second-order valence-electron chi connectivity index (χ2n) is 6.72. The molecule has 0 radical (unpaired) electrons. The predicted molar refractivity (Wildman–Crippen MR) is 111 cm³/mol. The summed E-state index contributed by atoms with van der Waals surface area (Å²) in [5, 5.41) is 3.39. The molecule has 2 aromatic rings. The summed E-state index contributed by atoms with van der Waals surface area (Å²) in [5.74, 6) is 0.0747. The Morgan fingerprint density at radius 3 is 2.61 bits per heavy atom. The minimum atomic E-state index is -0.609. The van der Waals surface area contributed by atoms with Crippen LogP contribution in [0.4, 0.5) is 0 Å². The van der Waals surface area contributed by atoms with Crippen LogP contribution in [-0.4, -0.2) is 35.9 Å². The summed E-state index contributed by atoms with van der Waals surface area (Å²) in [4.78, 5) is 26.9. The fourth-order valence-corrected chi connectivity index (χ4v) is 2.95. The minimum Gasteiger partial charge on any atom is -0.484 e. The van der Waals surface area contributed by atoms with E-state index in [0.29, 0.717) is 23.9 Å². The molecule has 0 aliphatic rings. The summed E-state index contributed by atoms with van der Waals surface area (Å²) in [7, 11) is 0. The molecule has 2 amide bonds. The molecule has 2 rings (SSSR count). The van der Waals surface area contributed by atoms with Crippen molar-refractivity contribution in [3.63, 3.8) is 0 Å². The van der Waals surface area contributed by atoms with Crippen LogP contribution in [0.5, 0.6) is 5.75 Å². The molecule has 150 valence electrons. The van der Waals surface area contributed by atoms with E-state index in [1.807, 2.05) is 38.1 Å². The maximum absolute atomic E-state index is 12.9. The molecule has 0 saturated carbocycles. The lowest BCUT2D eigenvalue weighted by Gasteiger charge is -2.29. The molecule has 1 atom stereocenters. The third-order valence-electron chi connectivity index (χ3n) is 4.31. The van der Waals surface area contributed by atoms with Crippen molar-refractivity contribution in [2.45, 2.75) is 39.8 Å². The number of carbonyl (C=O) groups excluding carboxylic acids is 2. The Hall–Kier alpha value is -2.53. The van der Waals surface area contributed by atoms with E-state index in [1.54, 1.807) is 36.1 Å². The fraction of sp³-hybridized carbons (Fsp3) is 0.364. The van der Waals surface area contributed by atoms with E-state index in [-0.39, 0.29) is 18.4 Å². The highest BCUT2D eigenvalue weighted by Gasteiger charge is 2.26. The summed E-state index contributed by atoms with van der Waals surface area (Å²) >= 11 is 5.96. The lowest BCUT2D eigenvalue weighted by molar-refractivity contribution is -0.142. The van der Waals surface area contributed by atoms with Crippen molar-refractivity contribution >= 4 is 23.4 Å². The molecule has 0 spiro atoms. The van der Waals surface area contributed by atoms with Crippen molar-refractivity contribution < 1.29 is 14.3 Å². The Balaban J connectivity index is 2.13. The second-order valence-corrected chi connectivity index (χ2v) is 7.16. The Bertz CT molecular complexity index is 810. The number of amides is 2. The average molecular weight is 403 g/mol. The standard InChI is InChI=1S/C22H27ClN2O3/c1-4-11-24-22(27)17(3)25(14-18-8-5-7-16(2)12-18)21(26)15-28-20-10-6-9-19(23)13-20/h5-10,12-13,17H,4,11,14-15H2,1-3H3,(H,24,27)/t17-/m1/s1. The molecule has 0 heterocycles. The van der Waals surface area contributed by atoms with Gasteiger partial charge in [-0.05, 0) is 44.0 Å². The highest BCUT2D eigenvalue weighted by molar-refractivity contribution is 6.30. The molecule has 1 N–H and O–H groups in total. The summed E-state index contributed by atoms with van der Waals surface area (Å²) in [5.41, 5.74) is 2.06. The number of rotatable bonds is 9. The maximum atomic E-state index is 12.9. The normalized spacial score (nSPS) is 11.6.